The molecule has 0 atom stereocenters. The van der Waals surface area contributed by atoms with E-state index in [4.69, 9.17) is 5.41 Å². The summed E-state index contributed by atoms with van der Waals surface area (Å²) in [4.78, 5) is 3.77. The quantitative estimate of drug-likeness (QED) is 0.575. The van der Waals surface area contributed by atoms with Crippen molar-refractivity contribution in [3.05, 3.63) is 59.0 Å². The van der Waals surface area contributed by atoms with E-state index in [1.165, 1.54) is 55.6 Å². The van der Waals surface area contributed by atoms with E-state index in [9.17, 15) is 0 Å². The first kappa shape index (κ1) is 19.7. The van der Waals surface area contributed by atoms with Crippen LogP contribution in [0.2, 0.25) is 0 Å². The Balaban J connectivity index is 2.12. The first-order valence-electron chi connectivity index (χ1n) is 9.21. The zero-order valence-corrected chi connectivity index (χ0v) is 16.3. The molecular weight excluding hydrogens is 324 g/mol. The van der Waals surface area contributed by atoms with E-state index in [1.807, 2.05) is 11.5 Å². The van der Waals surface area contributed by atoms with Crippen molar-refractivity contribution < 1.29 is 0 Å². The van der Waals surface area contributed by atoms with Crippen LogP contribution in [0.15, 0.2) is 42.3 Å². The molecule has 0 aromatic heterocycles. The lowest BCUT2D eigenvalue weighted by atomic mass is 9.94. The summed E-state index contributed by atoms with van der Waals surface area (Å²) in [5.41, 5.74) is 3.30. The minimum atomic E-state index is 0.652. The molecule has 1 saturated heterocycles. The Morgan fingerprint density at radius 2 is 2.08 bits per heavy atom. The molecule has 0 radical (unpaired) electrons. The van der Waals surface area contributed by atoms with Gasteiger partial charge in [0.2, 0.25) is 0 Å². The van der Waals surface area contributed by atoms with Gasteiger partial charge in [-0.1, -0.05) is 55.6 Å². The van der Waals surface area contributed by atoms with Gasteiger partial charge in [0, 0.05) is 11.1 Å². The summed E-state index contributed by atoms with van der Waals surface area (Å²) in [6.07, 6.45) is 11.9. The number of thioether (sulfide) groups is 1. The second-order valence-corrected chi connectivity index (χ2v) is 7.47. The van der Waals surface area contributed by atoms with E-state index in [1.54, 1.807) is 11.8 Å². The highest BCUT2D eigenvalue weighted by Crippen LogP contribution is 2.30. The van der Waals surface area contributed by atoms with Crippen LogP contribution in [0.1, 0.15) is 49.8 Å². The Bertz CT molecular complexity index is 637. The average Bonchev–Trinajstić information content (AvgIpc) is 2.65. The second kappa shape index (κ2) is 10.4. The van der Waals surface area contributed by atoms with Crippen molar-refractivity contribution in [1.29, 1.82) is 5.41 Å². The first-order valence-corrected chi connectivity index (χ1v) is 10.1. The van der Waals surface area contributed by atoms with Crippen molar-refractivity contribution in [3.8, 4) is 0 Å². The van der Waals surface area contributed by atoms with Crippen LogP contribution in [0.5, 0.6) is 0 Å². The summed E-state index contributed by atoms with van der Waals surface area (Å²) in [6, 6.07) is 6.32. The molecule has 1 aliphatic rings. The highest BCUT2D eigenvalue weighted by molar-refractivity contribution is 8.10. The summed E-state index contributed by atoms with van der Waals surface area (Å²) in [5.74, 6) is 0.652. The maximum Gasteiger partial charge on any atom is 0.0256 e. The lowest BCUT2D eigenvalue weighted by Gasteiger charge is -2.30. The van der Waals surface area contributed by atoms with Crippen LogP contribution >= 0.6 is 11.8 Å². The Morgan fingerprint density at radius 1 is 1.32 bits per heavy atom. The van der Waals surface area contributed by atoms with Gasteiger partial charge in [-0.25, -0.2) is 0 Å². The third-order valence-electron chi connectivity index (χ3n) is 4.72. The molecule has 1 aromatic rings. The third kappa shape index (κ3) is 5.72. The summed E-state index contributed by atoms with van der Waals surface area (Å²) < 4.78 is 0. The molecule has 1 aromatic carbocycles. The normalized spacial score (nSPS) is 17.1. The number of piperidine rings is 1. The molecule has 0 amide bonds. The topological polar surface area (TPSA) is 27.1 Å². The molecule has 25 heavy (non-hydrogen) atoms. The molecule has 0 spiro atoms. The summed E-state index contributed by atoms with van der Waals surface area (Å²) in [7, 11) is 0. The highest BCUT2D eigenvalue weighted by Gasteiger charge is 2.16. The van der Waals surface area contributed by atoms with Gasteiger partial charge in [-0.2, -0.15) is 0 Å². The average molecular weight is 355 g/mol. The lowest BCUT2D eigenvalue weighted by molar-refractivity contribution is 0.204. The Kier molecular flexibility index (Phi) is 8.23. The molecule has 2 nitrogen and oxygen atoms in total. The largest absolute Gasteiger partial charge is 0.308 e. The van der Waals surface area contributed by atoms with Crippen LogP contribution in [-0.2, 0) is 0 Å². The molecule has 134 valence electrons. The zero-order chi connectivity index (χ0) is 18.1. The molecule has 3 heteroatoms. The van der Waals surface area contributed by atoms with Crippen molar-refractivity contribution >= 4 is 29.0 Å². The van der Waals surface area contributed by atoms with Crippen molar-refractivity contribution in [2.24, 2.45) is 5.92 Å². The predicted octanol–water partition coefficient (Wildman–Crippen LogP) is 6.06. The Morgan fingerprint density at radius 3 is 2.68 bits per heavy atom. The maximum absolute atomic E-state index is 7.68. The standard InChI is InChI=1S/C22H30N2S/c1-4-13-24-14-11-18(12-15-24)7-8-19-16-20(9-10-21(19)17-23)22(5-2)25-6-3/h5-10,16-18,23H,3-4,11-15H2,1-2H3/b8-7+,22-5-,23-17?. The number of hydrogen-bond acceptors (Lipinski definition) is 3. The summed E-state index contributed by atoms with van der Waals surface area (Å²) >= 11 is 1.64. The molecule has 1 N–H and O–H groups in total. The fourth-order valence-corrected chi connectivity index (χ4v) is 3.90. The van der Waals surface area contributed by atoms with E-state index in [2.05, 4.69) is 55.7 Å². The lowest BCUT2D eigenvalue weighted by Crippen LogP contribution is -2.33. The number of hydrogen-bond donors (Lipinski definition) is 1. The summed E-state index contributed by atoms with van der Waals surface area (Å²) in [6.45, 7) is 11.8. The monoisotopic (exact) mass is 354 g/mol. The number of likely N-dealkylation sites (tertiary alicyclic amines) is 1. The van der Waals surface area contributed by atoms with Crippen LogP contribution in [0.25, 0.3) is 11.0 Å². The van der Waals surface area contributed by atoms with Crippen LogP contribution in [0.3, 0.4) is 0 Å². The number of rotatable bonds is 8. The van der Waals surface area contributed by atoms with Crippen LogP contribution in [0, 0.1) is 11.3 Å². The van der Waals surface area contributed by atoms with Crippen molar-refractivity contribution in [2.45, 2.75) is 33.1 Å². The van der Waals surface area contributed by atoms with Gasteiger partial charge in [0.1, 0.15) is 0 Å². The van der Waals surface area contributed by atoms with Gasteiger partial charge in [-0.15, -0.1) is 0 Å². The fourth-order valence-electron chi connectivity index (χ4n) is 3.32. The summed E-state index contributed by atoms with van der Waals surface area (Å²) in [5, 5.41) is 9.54. The third-order valence-corrected chi connectivity index (χ3v) is 5.61. The molecule has 1 heterocycles. The van der Waals surface area contributed by atoms with Crippen LogP contribution in [-0.4, -0.2) is 30.7 Å². The van der Waals surface area contributed by atoms with Gasteiger partial charge in [0.05, 0.1) is 0 Å². The molecule has 0 aliphatic carbocycles. The second-order valence-electron chi connectivity index (χ2n) is 6.46. The van der Waals surface area contributed by atoms with E-state index < -0.39 is 0 Å². The minimum Gasteiger partial charge on any atom is -0.308 e. The van der Waals surface area contributed by atoms with Gasteiger partial charge in [0.15, 0.2) is 0 Å². The van der Waals surface area contributed by atoms with Crippen molar-refractivity contribution in [2.75, 3.05) is 19.6 Å². The molecule has 1 aliphatic heterocycles. The molecule has 1 fully saturated rings. The van der Waals surface area contributed by atoms with Gasteiger partial charge < -0.3 is 10.3 Å². The Hall–Kier alpha value is -1.58. The predicted molar refractivity (Wildman–Crippen MR) is 114 cm³/mol. The van der Waals surface area contributed by atoms with Crippen LogP contribution in [0.4, 0.5) is 0 Å². The first-order chi connectivity index (χ1) is 12.2. The van der Waals surface area contributed by atoms with Crippen molar-refractivity contribution in [1.82, 2.24) is 4.90 Å². The fraction of sp³-hybridized carbons (Fsp3) is 0.409. The molecule has 0 unspecified atom stereocenters. The van der Waals surface area contributed by atoms with E-state index in [0.29, 0.717) is 5.92 Å². The molecular formula is C22H30N2S. The number of benzene rings is 1. The molecule has 2 rings (SSSR count). The number of allylic oxidation sites excluding steroid dienone is 2. The van der Waals surface area contributed by atoms with Crippen molar-refractivity contribution in [3.63, 3.8) is 0 Å². The van der Waals surface area contributed by atoms with Gasteiger partial charge >= 0.3 is 0 Å². The van der Waals surface area contributed by atoms with Crippen LogP contribution < -0.4 is 0 Å². The van der Waals surface area contributed by atoms with E-state index in [-0.39, 0.29) is 0 Å². The molecule has 0 saturated carbocycles. The highest BCUT2D eigenvalue weighted by atomic mass is 32.2. The maximum atomic E-state index is 7.68. The van der Waals surface area contributed by atoms with E-state index in [0.717, 1.165) is 11.1 Å². The van der Waals surface area contributed by atoms with Gasteiger partial charge in [-0.05, 0) is 79.9 Å². The number of nitrogens with one attached hydrogen (secondary N) is 1. The smallest absolute Gasteiger partial charge is 0.0256 e. The van der Waals surface area contributed by atoms with E-state index >= 15 is 0 Å². The van der Waals surface area contributed by atoms with Gasteiger partial charge in [-0.3, -0.25) is 0 Å². The SMILES string of the molecule is C=CS/C(=C\C)c1ccc(C=N)c(/C=C/C2CCN(CCC)CC2)c1. The zero-order valence-electron chi connectivity index (χ0n) is 15.5. The molecule has 0 bridgehead atoms. The number of nitrogens with zero attached hydrogens (tertiary/aromatic N) is 1. The Labute approximate surface area is 157 Å². The van der Waals surface area contributed by atoms with Gasteiger partial charge in [0.25, 0.3) is 0 Å². The minimum absolute atomic E-state index is 0.652.